The minimum Gasteiger partial charge on any atom is -0.220 e. The fraction of sp³-hybridized carbons (Fsp3) is 0.385. The zero-order valence-corrected chi connectivity index (χ0v) is 10.1. The minimum atomic E-state index is 0.996. The Bertz CT molecular complexity index is 486. The molecule has 3 heteroatoms. The SMILES string of the molecule is CC.Cc1ccc2c(c1)CCc1ncnn1-2. The molecule has 0 saturated heterocycles. The summed E-state index contributed by atoms with van der Waals surface area (Å²) in [4.78, 5) is 4.23. The molecule has 1 aromatic heterocycles. The van der Waals surface area contributed by atoms with Crippen LogP contribution >= 0.6 is 0 Å². The molecule has 2 aromatic rings. The molecular weight excluding hydrogens is 198 g/mol. The second-order valence-corrected chi connectivity index (χ2v) is 3.72. The van der Waals surface area contributed by atoms with Crippen LogP contribution in [-0.2, 0) is 12.8 Å². The second-order valence-electron chi connectivity index (χ2n) is 3.72. The predicted molar refractivity (Wildman–Crippen MR) is 64.9 cm³/mol. The Hall–Kier alpha value is -1.64. The summed E-state index contributed by atoms with van der Waals surface area (Å²) in [5, 5.41) is 4.23. The topological polar surface area (TPSA) is 30.7 Å². The van der Waals surface area contributed by atoms with Crippen molar-refractivity contribution in [3.8, 4) is 5.69 Å². The fourth-order valence-electron chi connectivity index (χ4n) is 2.00. The molecule has 84 valence electrons. The van der Waals surface area contributed by atoms with Gasteiger partial charge in [0.05, 0.1) is 5.69 Å². The zero-order chi connectivity index (χ0) is 11.5. The van der Waals surface area contributed by atoms with Crippen LogP contribution in [-0.4, -0.2) is 14.8 Å². The van der Waals surface area contributed by atoms with Crippen molar-refractivity contribution in [2.45, 2.75) is 33.6 Å². The summed E-state index contributed by atoms with van der Waals surface area (Å²) in [6.07, 6.45) is 3.70. The van der Waals surface area contributed by atoms with Gasteiger partial charge in [0.25, 0.3) is 0 Å². The lowest BCUT2D eigenvalue weighted by Gasteiger charge is -2.16. The molecule has 0 atom stereocenters. The van der Waals surface area contributed by atoms with Gasteiger partial charge in [0.2, 0.25) is 0 Å². The quantitative estimate of drug-likeness (QED) is 0.676. The minimum absolute atomic E-state index is 0.996. The maximum atomic E-state index is 4.23. The van der Waals surface area contributed by atoms with Crippen molar-refractivity contribution < 1.29 is 0 Å². The molecule has 16 heavy (non-hydrogen) atoms. The van der Waals surface area contributed by atoms with Gasteiger partial charge >= 0.3 is 0 Å². The molecule has 0 bridgehead atoms. The van der Waals surface area contributed by atoms with Crippen molar-refractivity contribution in [2.75, 3.05) is 0 Å². The molecule has 0 saturated carbocycles. The van der Waals surface area contributed by atoms with E-state index in [1.165, 1.54) is 16.8 Å². The van der Waals surface area contributed by atoms with E-state index in [4.69, 9.17) is 0 Å². The van der Waals surface area contributed by atoms with E-state index < -0.39 is 0 Å². The molecule has 1 aromatic carbocycles. The van der Waals surface area contributed by atoms with E-state index in [1.807, 2.05) is 18.5 Å². The first-order valence-electron chi connectivity index (χ1n) is 5.83. The second kappa shape index (κ2) is 4.47. The van der Waals surface area contributed by atoms with Crippen LogP contribution in [0.1, 0.15) is 30.8 Å². The van der Waals surface area contributed by atoms with Crippen LogP contribution < -0.4 is 0 Å². The molecule has 0 unspecified atom stereocenters. The van der Waals surface area contributed by atoms with Gasteiger partial charge in [0.1, 0.15) is 12.2 Å². The first-order valence-corrected chi connectivity index (χ1v) is 5.83. The number of benzene rings is 1. The number of aromatic nitrogens is 3. The van der Waals surface area contributed by atoms with Crippen LogP contribution in [0, 0.1) is 6.92 Å². The number of hydrogen-bond donors (Lipinski definition) is 0. The van der Waals surface area contributed by atoms with E-state index in [9.17, 15) is 0 Å². The van der Waals surface area contributed by atoms with Crippen LogP contribution in [0.2, 0.25) is 0 Å². The van der Waals surface area contributed by atoms with Crippen LogP contribution in [0.3, 0.4) is 0 Å². The van der Waals surface area contributed by atoms with E-state index >= 15 is 0 Å². The number of aryl methyl sites for hydroxylation is 3. The summed E-state index contributed by atoms with van der Waals surface area (Å²) < 4.78 is 1.94. The summed E-state index contributed by atoms with van der Waals surface area (Å²) in [7, 11) is 0. The van der Waals surface area contributed by atoms with E-state index in [1.54, 1.807) is 6.33 Å². The van der Waals surface area contributed by atoms with Gasteiger partial charge in [-0.2, -0.15) is 5.10 Å². The summed E-state index contributed by atoms with van der Waals surface area (Å²) in [5.74, 6) is 1.07. The Morgan fingerprint density at radius 2 is 2.00 bits per heavy atom. The maximum Gasteiger partial charge on any atom is 0.138 e. The molecule has 3 rings (SSSR count). The van der Waals surface area contributed by atoms with Crippen molar-refractivity contribution in [2.24, 2.45) is 0 Å². The van der Waals surface area contributed by atoms with Gasteiger partial charge < -0.3 is 0 Å². The predicted octanol–water partition coefficient (Wildman–Crippen LogP) is 2.70. The Morgan fingerprint density at radius 3 is 2.81 bits per heavy atom. The molecule has 0 N–H and O–H groups in total. The van der Waals surface area contributed by atoms with Gasteiger partial charge in [0.15, 0.2) is 0 Å². The third-order valence-electron chi connectivity index (χ3n) is 2.70. The van der Waals surface area contributed by atoms with E-state index in [0.29, 0.717) is 0 Å². The lowest BCUT2D eigenvalue weighted by molar-refractivity contribution is 0.722. The fourth-order valence-corrected chi connectivity index (χ4v) is 2.00. The largest absolute Gasteiger partial charge is 0.220 e. The van der Waals surface area contributed by atoms with E-state index in [2.05, 4.69) is 35.2 Å². The van der Waals surface area contributed by atoms with Crippen molar-refractivity contribution in [3.05, 3.63) is 41.5 Å². The Kier molecular flexibility index (Phi) is 3.04. The van der Waals surface area contributed by atoms with Crippen molar-refractivity contribution >= 4 is 0 Å². The molecule has 0 aliphatic carbocycles. The van der Waals surface area contributed by atoms with Gasteiger partial charge in [-0.3, -0.25) is 0 Å². The van der Waals surface area contributed by atoms with Crippen molar-refractivity contribution in [3.63, 3.8) is 0 Å². The summed E-state index contributed by atoms with van der Waals surface area (Å²) in [6, 6.07) is 6.48. The van der Waals surface area contributed by atoms with Crippen molar-refractivity contribution in [1.82, 2.24) is 14.8 Å². The molecule has 1 aliphatic rings. The van der Waals surface area contributed by atoms with Gasteiger partial charge in [-0.15, -0.1) is 0 Å². The molecule has 0 fully saturated rings. The Labute approximate surface area is 96.1 Å². The molecular formula is C13H17N3. The smallest absolute Gasteiger partial charge is 0.138 e. The van der Waals surface area contributed by atoms with Crippen LogP contribution in [0.15, 0.2) is 24.5 Å². The van der Waals surface area contributed by atoms with Gasteiger partial charge in [-0.1, -0.05) is 31.5 Å². The highest BCUT2D eigenvalue weighted by atomic mass is 15.3. The normalized spacial score (nSPS) is 12.2. The lowest BCUT2D eigenvalue weighted by Crippen LogP contribution is -2.13. The van der Waals surface area contributed by atoms with Crippen molar-refractivity contribution in [1.29, 1.82) is 0 Å². The highest BCUT2D eigenvalue weighted by Gasteiger charge is 2.16. The third kappa shape index (κ3) is 1.73. The molecule has 0 amide bonds. The number of hydrogen-bond acceptors (Lipinski definition) is 2. The Balaban J connectivity index is 0.000000457. The molecule has 2 heterocycles. The molecule has 0 spiro atoms. The number of nitrogens with zero attached hydrogens (tertiary/aromatic N) is 3. The summed E-state index contributed by atoms with van der Waals surface area (Å²) >= 11 is 0. The number of rotatable bonds is 0. The standard InChI is InChI=1S/C11H11N3.C2H6/c1-8-2-4-10-9(6-8)3-5-11-12-7-13-14(10)11;1-2/h2,4,6-7H,3,5H2,1H3;1-2H3. The molecule has 1 aliphatic heterocycles. The first kappa shape index (κ1) is 10.9. The van der Waals surface area contributed by atoms with Gasteiger partial charge in [0, 0.05) is 6.42 Å². The van der Waals surface area contributed by atoms with Gasteiger partial charge in [-0.05, 0) is 25.0 Å². The van der Waals surface area contributed by atoms with Gasteiger partial charge in [-0.25, -0.2) is 9.67 Å². The highest BCUT2D eigenvalue weighted by molar-refractivity contribution is 5.45. The average molecular weight is 215 g/mol. The van der Waals surface area contributed by atoms with Crippen LogP contribution in [0.5, 0.6) is 0 Å². The lowest BCUT2D eigenvalue weighted by atomic mass is 10.0. The zero-order valence-electron chi connectivity index (χ0n) is 10.1. The van der Waals surface area contributed by atoms with Crippen LogP contribution in [0.4, 0.5) is 0 Å². The van der Waals surface area contributed by atoms with E-state index in [-0.39, 0.29) is 0 Å². The first-order chi connectivity index (χ1) is 7.84. The highest BCUT2D eigenvalue weighted by Crippen LogP contribution is 2.23. The molecule has 0 radical (unpaired) electrons. The number of fused-ring (bicyclic) bond motifs is 3. The summed E-state index contributed by atoms with van der Waals surface area (Å²) in [5.41, 5.74) is 3.88. The molecule has 3 nitrogen and oxygen atoms in total. The monoisotopic (exact) mass is 215 g/mol. The van der Waals surface area contributed by atoms with Crippen LogP contribution in [0.25, 0.3) is 5.69 Å². The third-order valence-corrected chi connectivity index (χ3v) is 2.70. The summed E-state index contributed by atoms with van der Waals surface area (Å²) in [6.45, 7) is 6.12. The van der Waals surface area contributed by atoms with E-state index in [0.717, 1.165) is 18.7 Å². The Morgan fingerprint density at radius 1 is 1.19 bits per heavy atom. The maximum absolute atomic E-state index is 4.23. The average Bonchev–Trinajstić information content (AvgIpc) is 2.79.